The monoisotopic (exact) mass is 278 g/mol. The maximum absolute atomic E-state index is 10.6. The van der Waals surface area contributed by atoms with Crippen molar-refractivity contribution < 1.29 is 9.90 Å². The maximum atomic E-state index is 10.6. The van der Waals surface area contributed by atoms with E-state index in [1.807, 2.05) is 42.5 Å². The zero-order valence-electron chi connectivity index (χ0n) is 11.3. The Morgan fingerprint density at radius 1 is 1.24 bits per heavy atom. The number of carbonyl (C=O) groups is 1. The molecular formula is C17H14N2O2. The standard InChI is InChI=1S/C17H14N2O2/c18-11-14-10-12(7-9-16(19)17(20)21)6-8-15(14)13-4-2-1-3-5-13/h1-6,8-10H,7,19H2,(H,20,21)/b16-9-. The van der Waals surface area contributed by atoms with Gasteiger partial charge in [-0.25, -0.2) is 4.79 Å². The largest absolute Gasteiger partial charge is 0.477 e. The van der Waals surface area contributed by atoms with E-state index in [0.29, 0.717) is 12.0 Å². The molecule has 0 spiro atoms. The van der Waals surface area contributed by atoms with Gasteiger partial charge in [0, 0.05) is 0 Å². The van der Waals surface area contributed by atoms with Gasteiger partial charge >= 0.3 is 5.97 Å². The SMILES string of the molecule is N#Cc1cc(C/C=C(\N)C(=O)O)ccc1-c1ccccc1. The first-order valence-corrected chi connectivity index (χ1v) is 6.39. The number of benzene rings is 2. The van der Waals surface area contributed by atoms with Crippen molar-refractivity contribution in [3.8, 4) is 17.2 Å². The van der Waals surface area contributed by atoms with Gasteiger partial charge < -0.3 is 10.8 Å². The fraction of sp³-hybridized carbons (Fsp3) is 0.0588. The molecule has 0 aliphatic rings. The molecule has 2 aromatic rings. The second kappa shape index (κ2) is 6.40. The molecule has 4 heteroatoms. The highest BCUT2D eigenvalue weighted by Gasteiger charge is 2.06. The van der Waals surface area contributed by atoms with Crippen LogP contribution in [0, 0.1) is 11.3 Å². The molecule has 0 radical (unpaired) electrons. The van der Waals surface area contributed by atoms with E-state index in [-0.39, 0.29) is 5.70 Å². The van der Waals surface area contributed by atoms with Gasteiger partial charge in [-0.15, -0.1) is 0 Å². The molecule has 0 saturated carbocycles. The molecule has 4 nitrogen and oxygen atoms in total. The summed E-state index contributed by atoms with van der Waals surface area (Å²) < 4.78 is 0. The second-order valence-corrected chi connectivity index (χ2v) is 4.53. The Bertz CT molecular complexity index is 728. The topological polar surface area (TPSA) is 87.1 Å². The minimum absolute atomic E-state index is 0.194. The first-order valence-electron chi connectivity index (χ1n) is 6.39. The van der Waals surface area contributed by atoms with Crippen LogP contribution in [0.1, 0.15) is 11.1 Å². The van der Waals surface area contributed by atoms with Crippen molar-refractivity contribution in [2.24, 2.45) is 5.73 Å². The number of nitrogens with two attached hydrogens (primary N) is 1. The number of nitriles is 1. The summed E-state index contributed by atoms with van der Waals surface area (Å²) in [5.41, 5.74) is 8.39. The summed E-state index contributed by atoms with van der Waals surface area (Å²) in [5.74, 6) is -1.14. The number of hydrogen-bond donors (Lipinski definition) is 2. The van der Waals surface area contributed by atoms with Gasteiger partial charge in [-0.1, -0.05) is 42.5 Å². The molecule has 0 heterocycles. The van der Waals surface area contributed by atoms with Gasteiger partial charge in [0.25, 0.3) is 0 Å². The molecule has 0 aliphatic carbocycles. The van der Waals surface area contributed by atoms with E-state index in [4.69, 9.17) is 10.8 Å². The Balaban J connectivity index is 2.32. The first kappa shape index (κ1) is 14.4. The van der Waals surface area contributed by atoms with Crippen LogP contribution in [-0.4, -0.2) is 11.1 Å². The van der Waals surface area contributed by atoms with Crippen molar-refractivity contribution >= 4 is 5.97 Å². The van der Waals surface area contributed by atoms with Crippen LogP contribution in [0.2, 0.25) is 0 Å². The van der Waals surface area contributed by atoms with Crippen LogP contribution < -0.4 is 5.73 Å². The first-order chi connectivity index (χ1) is 10.1. The van der Waals surface area contributed by atoms with Crippen LogP contribution in [0.5, 0.6) is 0 Å². The van der Waals surface area contributed by atoms with Gasteiger partial charge in [0.1, 0.15) is 5.70 Å². The van der Waals surface area contributed by atoms with Crippen LogP contribution in [-0.2, 0) is 11.2 Å². The quantitative estimate of drug-likeness (QED) is 0.842. The normalized spacial score (nSPS) is 10.9. The summed E-state index contributed by atoms with van der Waals surface area (Å²) in [4.78, 5) is 10.6. The van der Waals surface area contributed by atoms with Crippen molar-refractivity contribution in [2.75, 3.05) is 0 Å². The summed E-state index contributed by atoms with van der Waals surface area (Å²) >= 11 is 0. The Kier molecular flexibility index (Phi) is 4.37. The molecule has 104 valence electrons. The van der Waals surface area contributed by atoms with Crippen molar-refractivity contribution in [2.45, 2.75) is 6.42 Å². The van der Waals surface area contributed by atoms with Crippen LogP contribution in [0.15, 0.2) is 60.3 Å². The van der Waals surface area contributed by atoms with E-state index in [1.54, 1.807) is 6.07 Å². The molecule has 0 saturated heterocycles. The molecule has 3 N–H and O–H groups in total. The third kappa shape index (κ3) is 3.48. The van der Waals surface area contributed by atoms with E-state index >= 15 is 0 Å². The summed E-state index contributed by atoms with van der Waals surface area (Å²) in [6.45, 7) is 0. The number of hydrogen-bond acceptors (Lipinski definition) is 3. The summed E-state index contributed by atoms with van der Waals surface area (Å²) in [6.07, 6.45) is 1.81. The molecule has 0 atom stereocenters. The van der Waals surface area contributed by atoms with E-state index in [0.717, 1.165) is 16.7 Å². The lowest BCUT2D eigenvalue weighted by molar-refractivity contribution is -0.132. The number of rotatable bonds is 4. The Morgan fingerprint density at radius 3 is 2.57 bits per heavy atom. The highest BCUT2D eigenvalue weighted by Crippen LogP contribution is 2.24. The van der Waals surface area contributed by atoms with Crippen molar-refractivity contribution in [1.29, 1.82) is 5.26 Å². The molecule has 0 unspecified atom stereocenters. The average Bonchev–Trinajstić information content (AvgIpc) is 2.53. The van der Waals surface area contributed by atoms with Crippen LogP contribution >= 0.6 is 0 Å². The van der Waals surface area contributed by atoms with Gasteiger partial charge in [-0.2, -0.15) is 5.26 Å². The molecule has 21 heavy (non-hydrogen) atoms. The molecule has 0 fully saturated rings. The van der Waals surface area contributed by atoms with Gasteiger partial charge in [-0.05, 0) is 35.3 Å². The third-order valence-corrected chi connectivity index (χ3v) is 3.09. The fourth-order valence-corrected chi connectivity index (χ4v) is 2.00. The molecule has 0 bridgehead atoms. The van der Waals surface area contributed by atoms with E-state index in [2.05, 4.69) is 6.07 Å². The van der Waals surface area contributed by atoms with Crippen molar-refractivity contribution in [3.63, 3.8) is 0 Å². The molecule has 0 aliphatic heterocycles. The minimum Gasteiger partial charge on any atom is -0.477 e. The van der Waals surface area contributed by atoms with Crippen molar-refractivity contribution in [1.82, 2.24) is 0 Å². The average molecular weight is 278 g/mol. The fourth-order valence-electron chi connectivity index (χ4n) is 2.00. The molecule has 2 aromatic carbocycles. The maximum Gasteiger partial charge on any atom is 0.351 e. The molecule has 0 amide bonds. The Morgan fingerprint density at radius 2 is 1.95 bits per heavy atom. The van der Waals surface area contributed by atoms with Crippen LogP contribution in [0.4, 0.5) is 0 Å². The lowest BCUT2D eigenvalue weighted by Crippen LogP contribution is -2.10. The van der Waals surface area contributed by atoms with Crippen LogP contribution in [0.3, 0.4) is 0 Å². The van der Waals surface area contributed by atoms with Gasteiger partial charge in [-0.3, -0.25) is 0 Å². The predicted molar refractivity (Wildman–Crippen MR) is 80.2 cm³/mol. The number of nitrogens with zero attached hydrogens (tertiary/aromatic N) is 1. The highest BCUT2D eigenvalue weighted by molar-refractivity contribution is 5.85. The van der Waals surface area contributed by atoms with Gasteiger partial charge in [0.05, 0.1) is 11.6 Å². The highest BCUT2D eigenvalue weighted by atomic mass is 16.4. The number of carboxylic acids is 1. The molecular weight excluding hydrogens is 264 g/mol. The summed E-state index contributed by atoms with van der Waals surface area (Å²) in [6, 6.07) is 17.3. The summed E-state index contributed by atoms with van der Waals surface area (Å²) in [5, 5.41) is 18.0. The van der Waals surface area contributed by atoms with Gasteiger partial charge in [0.2, 0.25) is 0 Å². The third-order valence-electron chi connectivity index (χ3n) is 3.09. The molecule has 2 rings (SSSR count). The van der Waals surface area contributed by atoms with E-state index < -0.39 is 5.97 Å². The number of aliphatic carboxylic acids is 1. The lowest BCUT2D eigenvalue weighted by atomic mass is 9.97. The number of carboxylic acid groups (broad SMARTS) is 1. The minimum atomic E-state index is -1.14. The number of allylic oxidation sites excluding steroid dienone is 1. The zero-order chi connectivity index (χ0) is 15.2. The van der Waals surface area contributed by atoms with Crippen molar-refractivity contribution in [3.05, 3.63) is 71.4 Å². The summed E-state index contributed by atoms with van der Waals surface area (Å²) in [7, 11) is 0. The second-order valence-electron chi connectivity index (χ2n) is 4.53. The molecule has 0 aromatic heterocycles. The zero-order valence-corrected chi connectivity index (χ0v) is 11.3. The lowest BCUT2D eigenvalue weighted by Gasteiger charge is -2.06. The van der Waals surface area contributed by atoms with Crippen LogP contribution in [0.25, 0.3) is 11.1 Å². The Hall–Kier alpha value is -3.06. The van der Waals surface area contributed by atoms with Gasteiger partial charge in [0.15, 0.2) is 0 Å². The van der Waals surface area contributed by atoms with E-state index in [1.165, 1.54) is 6.08 Å². The van der Waals surface area contributed by atoms with E-state index in [9.17, 15) is 10.1 Å². The smallest absolute Gasteiger partial charge is 0.351 e. The predicted octanol–water partition coefficient (Wildman–Crippen LogP) is 2.69. The Labute approximate surface area is 122 Å².